The predicted molar refractivity (Wildman–Crippen MR) is 107 cm³/mol. The van der Waals surface area contributed by atoms with Crippen molar-refractivity contribution in [2.45, 2.75) is 56.2 Å². The average Bonchev–Trinajstić information content (AvgIpc) is 2.81. The number of carbonyl (C=O) groups is 1. The van der Waals surface area contributed by atoms with Crippen molar-refractivity contribution in [1.29, 1.82) is 0 Å². The lowest BCUT2D eigenvalue weighted by Crippen LogP contribution is -2.59. The average molecular weight is 395 g/mol. The number of aromatic amines is 1. The van der Waals surface area contributed by atoms with Crippen LogP contribution in [0.3, 0.4) is 0 Å². The Balaban J connectivity index is 2.39. The minimum Gasteiger partial charge on any atom is -0.471 e. The molecular formula is C15H25B3FN3O6. The molecule has 4 N–H and O–H groups in total. The molecule has 2 rings (SSSR count). The number of H-pyrrole nitrogens is 1. The summed E-state index contributed by atoms with van der Waals surface area (Å²) in [7, 11) is 3.92. The van der Waals surface area contributed by atoms with Crippen LogP contribution in [0.1, 0.15) is 25.8 Å². The number of nitrogens with two attached hydrogens (primary N) is 1. The Bertz CT molecular complexity index is 891. The quantitative estimate of drug-likeness (QED) is 0.342. The Morgan fingerprint density at radius 2 is 2.11 bits per heavy atom. The fraction of sp³-hybridized carbons (Fsp3) is 0.667. The minimum atomic E-state index is -2.61. The van der Waals surface area contributed by atoms with Crippen LogP contribution in [-0.4, -0.2) is 67.6 Å². The van der Waals surface area contributed by atoms with Gasteiger partial charge in [0.05, 0.1) is 11.5 Å². The molecule has 1 saturated heterocycles. The summed E-state index contributed by atoms with van der Waals surface area (Å²) in [6.45, 7) is 4.91. The third-order valence-electron chi connectivity index (χ3n) is 5.29. The monoisotopic (exact) mass is 395 g/mol. The molecule has 0 amide bonds. The highest BCUT2D eigenvalue weighted by Gasteiger charge is 2.62. The maximum Gasteiger partial charge on any atom is 0.330 e. The van der Waals surface area contributed by atoms with Crippen LogP contribution in [0.5, 0.6) is 0 Å². The van der Waals surface area contributed by atoms with Gasteiger partial charge in [-0.05, 0) is 12.8 Å². The molecule has 0 aromatic carbocycles. The molecule has 1 aromatic heterocycles. The third kappa shape index (κ3) is 3.70. The van der Waals surface area contributed by atoms with Crippen molar-refractivity contribution in [3.63, 3.8) is 0 Å². The van der Waals surface area contributed by atoms with Gasteiger partial charge in [0, 0.05) is 18.2 Å². The van der Waals surface area contributed by atoms with E-state index in [4.69, 9.17) is 15.2 Å². The number of carbonyl (C=O) groups excluding carboxylic acids is 1. The molecule has 0 bridgehead atoms. The number of aliphatic hydroxyl groups is 1. The van der Waals surface area contributed by atoms with Gasteiger partial charge in [0.2, 0.25) is 5.85 Å². The van der Waals surface area contributed by atoms with E-state index in [0.717, 1.165) is 4.57 Å². The number of aryl methyl sites for hydroxylation is 1. The molecule has 13 heteroatoms. The van der Waals surface area contributed by atoms with Crippen LogP contribution in [0, 0.1) is 12.8 Å². The fourth-order valence-electron chi connectivity index (χ4n) is 3.02. The summed E-state index contributed by atoms with van der Waals surface area (Å²) in [6, 6.07) is -0.954. The summed E-state index contributed by atoms with van der Waals surface area (Å²) in [5.41, 5.74) is 2.66. The smallest absolute Gasteiger partial charge is 0.330 e. The lowest BCUT2D eigenvalue weighted by molar-refractivity contribution is -0.232. The lowest BCUT2D eigenvalue weighted by Gasteiger charge is -2.39. The number of alkyl halides is 1. The molecule has 4 atom stereocenters. The third-order valence-corrected chi connectivity index (χ3v) is 5.29. The van der Waals surface area contributed by atoms with E-state index in [-0.39, 0.29) is 11.5 Å². The molecule has 0 unspecified atom stereocenters. The minimum absolute atomic E-state index is 0.182. The van der Waals surface area contributed by atoms with Gasteiger partial charge < -0.3 is 20.3 Å². The number of ether oxygens (including phenoxy) is 2. The molecule has 152 valence electrons. The maximum absolute atomic E-state index is 15.8. The molecule has 9 nitrogen and oxygen atoms in total. The van der Waals surface area contributed by atoms with Crippen molar-refractivity contribution >= 4 is 29.5 Å². The zero-order valence-corrected chi connectivity index (χ0v) is 16.9. The van der Waals surface area contributed by atoms with Crippen molar-refractivity contribution in [2.75, 3.05) is 0 Å². The molecule has 1 aliphatic heterocycles. The van der Waals surface area contributed by atoms with Crippen molar-refractivity contribution < 1.29 is 23.8 Å². The topological polar surface area (TPSA) is 137 Å². The molecule has 1 aliphatic rings. The number of aromatic nitrogens is 2. The second-order valence-corrected chi connectivity index (χ2v) is 8.25. The fourth-order valence-corrected chi connectivity index (χ4v) is 3.02. The van der Waals surface area contributed by atoms with E-state index >= 15 is 4.39 Å². The van der Waals surface area contributed by atoms with E-state index in [9.17, 15) is 19.5 Å². The normalized spacial score (nSPS) is 29.0. The molecule has 2 heterocycles. The van der Waals surface area contributed by atoms with Gasteiger partial charge in [-0.15, -0.1) is 0 Å². The highest BCUT2D eigenvalue weighted by Crippen LogP contribution is 2.45. The van der Waals surface area contributed by atoms with E-state index in [1.54, 1.807) is 13.8 Å². The molecular weight excluding hydrogens is 370 g/mol. The number of hydrogen-bond acceptors (Lipinski definition) is 7. The SMILES string of the molecule is BC(B)(OC(=O)[C@@H](N)C(C)C)[C@]1(F)C[C@@H](O)[C@](B)(n2cc(C)c(=O)[nH]c2=O)O1. The summed E-state index contributed by atoms with van der Waals surface area (Å²) in [6.07, 6.45) is -0.841. The van der Waals surface area contributed by atoms with Gasteiger partial charge in [-0.25, -0.2) is 9.18 Å². The highest BCUT2D eigenvalue weighted by atomic mass is 19.2. The Labute approximate surface area is 164 Å². The lowest BCUT2D eigenvalue weighted by atomic mass is 9.59. The first-order valence-corrected chi connectivity index (χ1v) is 9.03. The van der Waals surface area contributed by atoms with Crippen LogP contribution >= 0.6 is 0 Å². The van der Waals surface area contributed by atoms with E-state index in [1.807, 2.05) is 0 Å². The molecule has 1 fully saturated rings. The maximum atomic E-state index is 15.8. The summed E-state index contributed by atoms with van der Waals surface area (Å²) in [5, 5.41) is 8.73. The molecule has 0 radical (unpaired) electrons. The number of halogens is 1. The van der Waals surface area contributed by atoms with Crippen LogP contribution in [0.25, 0.3) is 0 Å². The van der Waals surface area contributed by atoms with Crippen LogP contribution in [-0.2, 0) is 19.9 Å². The van der Waals surface area contributed by atoms with E-state index in [1.165, 1.54) is 36.7 Å². The Morgan fingerprint density at radius 1 is 1.54 bits per heavy atom. The first kappa shape index (κ1) is 22.4. The van der Waals surface area contributed by atoms with Crippen LogP contribution < -0.4 is 17.0 Å². The van der Waals surface area contributed by atoms with Crippen molar-refractivity contribution in [3.8, 4) is 0 Å². The Morgan fingerprint density at radius 3 is 2.64 bits per heavy atom. The van der Waals surface area contributed by atoms with Crippen molar-refractivity contribution in [1.82, 2.24) is 9.55 Å². The molecule has 0 spiro atoms. The van der Waals surface area contributed by atoms with Crippen molar-refractivity contribution in [3.05, 3.63) is 32.6 Å². The zero-order chi connectivity index (χ0) is 21.7. The van der Waals surface area contributed by atoms with Gasteiger partial charge in [-0.1, -0.05) is 13.8 Å². The van der Waals surface area contributed by atoms with Crippen LogP contribution in [0.15, 0.2) is 15.8 Å². The largest absolute Gasteiger partial charge is 0.471 e. The number of aliphatic hydroxyl groups excluding tert-OH is 1. The number of esters is 1. The predicted octanol–water partition coefficient (Wildman–Crippen LogP) is -4.02. The Kier molecular flexibility index (Phi) is 5.77. The van der Waals surface area contributed by atoms with E-state index in [0.29, 0.717) is 0 Å². The van der Waals surface area contributed by atoms with Gasteiger partial charge in [0.25, 0.3) is 5.56 Å². The first-order valence-electron chi connectivity index (χ1n) is 9.03. The number of nitrogens with zero attached hydrogens (tertiary/aromatic N) is 1. The zero-order valence-electron chi connectivity index (χ0n) is 16.9. The summed E-state index contributed by atoms with van der Waals surface area (Å²) in [5.74, 6) is -3.64. The summed E-state index contributed by atoms with van der Waals surface area (Å²) in [4.78, 5) is 38.1. The van der Waals surface area contributed by atoms with E-state index in [2.05, 4.69) is 4.98 Å². The molecule has 0 saturated carbocycles. The summed E-state index contributed by atoms with van der Waals surface area (Å²) < 4.78 is 27.5. The number of hydrogen-bond donors (Lipinski definition) is 3. The molecule has 1 aromatic rings. The molecule has 0 aliphatic carbocycles. The standard InChI is InChI=1S/C15H25B3FN3O6/c1-6(2)9(20)11(25)27-15(17,18)13(19)4-8(23)14(16,28-13)22-5-7(3)10(24)21-12(22)26/h5-6,8-9,23H,4,16-18,20H2,1-3H3,(H,21,24,26)/t8-,9+,13+,14+/m1/s1. The molecule has 28 heavy (non-hydrogen) atoms. The Hall–Kier alpha value is -1.85. The van der Waals surface area contributed by atoms with Crippen LogP contribution in [0.2, 0.25) is 0 Å². The second kappa shape index (κ2) is 7.20. The van der Waals surface area contributed by atoms with Gasteiger partial charge >= 0.3 is 11.7 Å². The van der Waals surface area contributed by atoms with E-state index < -0.39 is 52.7 Å². The van der Waals surface area contributed by atoms with Crippen LogP contribution in [0.4, 0.5) is 4.39 Å². The highest BCUT2D eigenvalue weighted by molar-refractivity contribution is 6.40. The van der Waals surface area contributed by atoms with Gasteiger partial charge in [-0.2, -0.15) is 0 Å². The van der Waals surface area contributed by atoms with Gasteiger partial charge in [-0.3, -0.25) is 19.1 Å². The number of rotatable bonds is 5. The number of nitrogens with one attached hydrogen (secondary N) is 1. The van der Waals surface area contributed by atoms with Gasteiger partial charge in [0.15, 0.2) is 23.5 Å². The second-order valence-electron chi connectivity index (χ2n) is 8.25. The first-order chi connectivity index (χ1) is 12.6. The van der Waals surface area contributed by atoms with Gasteiger partial charge in [0.1, 0.15) is 11.7 Å². The van der Waals surface area contributed by atoms with Crippen molar-refractivity contribution in [2.24, 2.45) is 11.7 Å². The summed E-state index contributed by atoms with van der Waals surface area (Å²) >= 11 is 0.